The Kier molecular flexibility index (Phi) is 3.81. The normalized spacial score (nSPS) is 17.1. The second kappa shape index (κ2) is 4.46. The van der Waals surface area contributed by atoms with Crippen molar-refractivity contribution in [2.24, 2.45) is 0 Å². The fraction of sp³-hybridized carbons (Fsp3) is 0.333. The molecule has 6 heteroatoms. The SMILES string of the molecule is CCCC/C(Cl)=C/S(F)(F)(F)(F)c1ccccc1. The van der Waals surface area contributed by atoms with Crippen molar-refractivity contribution in [1.29, 1.82) is 0 Å². The number of allylic oxidation sites excluding steroid dienone is 1. The second-order valence-corrected chi connectivity index (χ2v) is 7.57. The quantitative estimate of drug-likeness (QED) is 0.529. The first-order valence-corrected chi connectivity index (χ1v) is 8.00. The Morgan fingerprint density at radius 2 is 1.72 bits per heavy atom. The summed E-state index contributed by atoms with van der Waals surface area (Å²) in [6, 6.07) is 5.16. The van der Waals surface area contributed by atoms with E-state index in [2.05, 4.69) is 0 Å². The summed E-state index contributed by atoms with van der Waals surface area (Å²) in [7, 11) is -8.41. The number of hydrogen-bond acceptors (Lipinski definition) is 0. The maximum Gasteiger partial charge on any atom is 0.204 e. The van der Waals surface area contributed by atoms with E-state index in [9.17, 15) is 15.5 Å². The molecule has 1 aromatic rings. The molecule has 18 heavy (non-hydrogen) atoms. The highest BCUT2D eigenvalue weighted by Gasteiger charge is 2.62. The third kappa shape index (κ3) is 3.92. The molecule has 0 spiro atoms. The van der Waals surface area contributed by atoms with E-state index in [1.165, 1.54) is 6.07 Å². The minimum absolute atomic E-state index is 0.0343. The van der Waals surface area contributed by atoms with E-state index in [-0.39, 0.29) is 11.8 Å². The van der Waals surface area contributed by atoms with Gasteiger partial charge in [-0.1, -0.05) is 43.1 Å². The summed E-state index contributed by atoms with van der Waals surface area (Å²) in [5.41, 5.74) is 0. The van der Waals surface area contributed by atoms with E-state index in [0.717, 1.165) is 24.3 Å². The maximum absolute atomic E-state index is 13.8. The van der Waals surface area contributed by atoms with E-state index in [1.807, 2.05) is 6.92 Å². The van der Waals surface area contributed by atoms with Gasteiger partial charge in [-0.25, -0.2) is 0 Å². The number of hydrogen-bond donors (Lipinski definition) is 0. The number of rotatable bonds is 5. The predicted octanol–water partition coefficient (Wildman–Crippen LogP) is 6.73. The molecule has 0 atom stereocenters. The molecule has 1 rings (SSSR count). The molecule has 0 saturated carbocycles. The molecular formula is C12H15ClF4S. The van der Waals surface area contributed by atoms with Crippen molar-refractivity contribution >= 4 is 21.4 Å². The predicted molar refractivity (Wildman–Crippen MR) is 70.2 cm³/mol. The van der Waals surface area contributed by atoms with E-state index in [4.69, 9.17) is 11.6 Å². The van der Waals surface area contributed by atoms with Crippen molar-refractivity contribution in [1.82, 2.24) is 0 Å². The van der Waals surface area contributed by atoms with Crippen LogP contribution in [0, 0.1) is 0 Å². The Labute approximate surface area is 109 Å². The van der Waals surface area contributed by atoms with Gasteiger partial charge in [-0.05, 0) is 25.0 Å². The van der Waals surface area contributed by atoms with E-state index < -0.39 is 19.8 Å². The molecule has 0 aliphatic carbocycles. The fourth-order valence-electron chi connectivity index (χ4n) is 1.43. The van der Waals surface area contributed by atoms with E-state index in [0.29, 0.717) is 12.8 Å². The molecule has 0 radical (unpaired) electrons. The van der Waals surface area contributed by atoms with Gasteiger partial charge in [0.2, 0.25) is 9.84 Å². The summed E-state index contributed by atoms with van der Waals surface area (Å²) >= 11 is 5.50. The van der Waals surface area contributed by atoms with Crippen molar-refractivity contribution < 1.29 is 15.5 Å². The lowest BCUT2D eigenvalue weighted by molar-refractivity contribution is 0.465. The lowest BCUT2D eigenvalue weighted by Gasteiger charge is -2.47. The van der Waals surface area contributed by atoms with Crippen LogP contribution >= 0.6 is 21.4 Å². The molecule has 0 amide bonds. The molecular weight excluding hydrogens is 288 g/mol. The van der Waals surface area contributed by atoms with Crippen LogP contribution in [0.25, 0.3) is 0 Å². The minimum Gasteiger partial charge on any atom is -0.117 e. The molecule has 0 fully saturated rings. The monoisotopic (exact) mass is 302 g/mol. The van der Waals surface area contributed by atoms with Crippen LogP contribution in [0.4, 0.5) is 15.5 Å². The van der Waals surface area contributed by atoms with Crippen molar-refractivity contribution in [2.45, 2.75) is 31.1 Å². The topological polar surface area (TPSA) is 0 Å². The molecule has 0 aliphatic heterocycles. The number of benzene rings is 1. The van der Waals surface area contributed by atoms with Gasteiger partial charge >= 0.3 is 0 Å². The van der Waals surface area contributed by atoms with Gasteiger partial charge in [-0.3, -0.25) is 0 Å². The van der Waals surface area contributed by atoms with Crippen LogP contribution in [0.3, 0.4) is 0 Å². The molecule has 0 aromatic heterocycles. The number of halogens is 5. The Bertz CT molecular complexity index is 449. The largest absolute Gasteiger partial charge is 0.204 e. The summed E-state index contributed by atoms with van der Waals surface area (Å²) in [5, 5.41) is -0.815. The van der Waals surface area contributed by atoms with Gasteiger partial charge in [0.05, 0.1) is 10.3 Å². The standard InChI is InChI=1S/C12H15ClF4S/c1-2-3-7-11(13)10-18(14,15,16,17)12-8-5-4-6-9-12/h4-6,8-10H,2-3,7H2,1H3/b11-10-. The first-order chi connectivity index (χ1) is 8.07. The number of unbranched alkanes of at least 4 members (excludes halogenated alkanes) is 1. The highest BCUT2D eigenvalue weighted by atomic mass is 35.5. The maximum atomic E-state index is 13.8. The average molecular weight is 303 g/mol. The third-order valence-corrected chi connectivity index (χ3v) is 4.81. The third-order valence-electron chi connectivity index (χ3n) is 2.37. The molecule has 0 N–H and O–H groups in total. The highest BCUT2D eigenvalue weighted by Crippen LogP contribution is 3.01. The highest BCUT2D eigenvalue weighted by molar-refractivity contribution is 8.52. The van der Waals surface area contributed by atoms with Crippen LogP contribution in [0.15, 0.2) is 45.7 Å². The van der Waals surface area contributed by atoms with Gasteiger partial charge in [0.1, 0.15) is 0 Å². The zero-order valence-electron chi connectivity index (χ0n) is 9.88. The summed E-state index contributed by atoms with van der Waals surface area (Å²) in [6.07, 6.45) is 1.23. The lowest BCUT2D eigenvalue weighted by Crippen LogP contribution is -2.10. The van der Waals surface area contributed by atoms with Crippen LogP contribution in [-0.2, 0) is 0 Å². The van der Waals surface area contributed by atoms with Gasteiger partial charge < -0.3 is 0 Å². The Morgan fingerprint density at radius 3 is 2.22 bits per heavy atom. The molecule has 1 aromatic carbocycles. The molecule has 0 aliphatic rings. The van der Waals surface area contributed by atoms with Crippen LogP contribution in [0.2, 0.25) is 0 Å². The van der Waals surface area contributed by atoms with Crippen molar-refractivity contribution in [2.75, 3.05) is 0 Å². The molecule has 0 unspecified atom stereocenters. The molecule has 0 nitrogen and oxygen atoms in total. The summed E-state index contributed by atoms with van der Waals surface area (Å²) in [5.74, 6) is 0. The van der Waals surface area contributed by atoms with Gasteiger partial charge in [0.25, 0.3) is 0 Å². The van der Waals surface area contributed by atoms with Crippen molar-refractivity contribution in [3.63, 3.8) is 0 Å². The first-order valence-electron chi connectivity index (χ1n) is 5.51. The van der Waals surface area contributed by atoms with Gasteiger partial charge in [0.15, 0.2) is 0 Å². The second-order valence-electron chi connectivity index (χ2n) is 4.11. The van der Waals surface area contributed by atoms with Crippen LogP contribution in [0.1, 0.15) is 26.2 Å². The smallest absolute Gasteiger partial charge is 0.117 e. The average Bonchev–Trinajstić information content (AvgIpc) is 2.25. The zero-order valence-corrected chi connectivity index (χ0v) is 11.5. The fourth-order valence-corrected chi connectivity index (χ4v) is 3.60. The van der Waals surface area contributed by atoms with Gasteiger partial charge in [0, 0.05) is 5.03 Å². The lowest BCUT2D eigenvalue weighted by atomic mass is 10.2. The van der Waals surface area contributed by atoms with Crippen molar-refractivity contribution in [3.05, 3.63) is 40.8 Å². The minimum atomic E-state index is -8.41. The van der Waals surface area contributed by atoms with E-state index >= 15 is 0 Å². The summed E-state index contributed by atoms with van der Waals surface area (Å²) in [6.45, 7) is 1.83. The van der Waals surface area contributed by atoms with Crippen LogP contribution < -0.4 is 0 Å². The Hall–Kier alpha value is -0.680. The van der Waals surface area contributed by atoms with Gasteiger partial charge in [-0.15, -0.1) is 15.5 Å². The molecule has 0 bridgehead atoms. The van der Waals surface area contributed by atoms with Crippen LogP contribution in [-0.4, -0.2) is 0 Å². The van der Waals surface area contributed by atoms with Crippen molar-refractivity contribution in [3.8, 4) is 0 Å². The Morgan fingerprint density at radius 1 is 1.17 bits per heavy atom. The first kappa shape index (κ1) is 15.4. The van der Waals surface area contributed by atoms with Crippen LogP contribution in [0.5, 0.6) is 0 Å². The van der Waals surface area contributed by atoms with Gasteiger partial charge in [-0.2, -0.15) is 0 Å². The summed E-state index contributed by atoms with van der Waals surface area (Å²) < 4.78 is 55.3. The van der Waals surface area contributed by atoms with E-state index in [1.54, 1.807) is 0 Å². The Balaban J connectivity index is 3.22. The molecule has 104 valence electrons. The zero-order chi connectivity index (χ0) is 13.9. The molecule has 0 heterocycles. The summed E-state index contributed by atoms with van der Waals surface area (Å²) in [4.78, 5) is -1.27. The molecule has 0 saturated heterocycles.